The van der Waals surface area contributed by atoms with Crippen LogP contribution in [0.4, 0.5) is 0 Å². The lowest BCUT2D eigenvalue weighted by atomic mass is 9.60. The number of ether oxygens (including phenoxy) is 1. The van der Waals surface area contributed by atoms with E-state index in [9.17, 15) is 0 Å². The van der Waals surface area contributed by atoms with E-state index in [1.165, 1.54) is 19.3 Å². The van der Waals surface area contributed by atoms with Gasteiger partial charge in [0, 0.05) is 6.04 Å². The van der Waals surface area contributed by atoms with Gasteiger partial charge in [0.25, 0.3) is 0 Å². The molecule has 0 aromatic heterocycles. The number of allylic oxidation sites excluding steroid dienone is 7. The molecule has 1 heterocycles. The summed E-state index contributed by atoms with van der Waals surface area (Å²) in [6.07, 6.45) is 17.7. The quantitative estimate of drug-likeness (QED) is 0.708. The third-order valence-corrected chi connectivity index (χ3v) is 6.77. The first-order valence-corrected chi connectivity index (χ1v) is 9.25. The normalized spacial score (nSPS) is 42.7. The molecule has 5 unspecified atom stereocenters. The van der Waals surface area contributed by atoms with Gasteiger partial charge in [-0.25, -0.2) is 0 Å². The third-order valence-electron chi connectivity index (χ3n) is 6.46. The van der Waals surface area contributed by atoms with Gasteiger partial charge in [0.2, 0.25) is 0 Å². The molecular formula is C20H26ClNO. The molecule has 0 amide bonds. The molecule has 0 bridgehead atoms. The Hall–Kier alpha value is -0.990. The van der Waals surface area contributed by atoms with Gasteiger partial charge in [-0.05, 0) is 68.5 Å². The zero-order valence-corrected chi connectivity index (χ0v) is 14.7. The SMILES string of the molecule is COC1=CC2C(C=C1Cl)CCN(C)C1CCC3C=CC=CC3[C@H]21. The van der Waals surface area contributed by atoms with E-state index in [2.05, 4.69) is 48.4 Å². The number of hydrogen-bond donors (Lipinski definition) is 0. The monoisotopic (exact) mass is 331 g/mol. The van der Waals surface area contributed by atoms with E-state index in [0.717, 1.165) is 17.3 Å². The molecule has 0 aromatic carbocycles. The van der Waals surface area contributed by atoms with Crippen molar-refractivity contribution in [3.05, 3.63) is 47.2 Å². The van der Waals surface area contributed by atoms with E-state index in [4.69, 9.17) is 16.3 Å². The molecule has 1 aliphatic heterocycles. The smallest absolute Gasteiger partial charge is 0.133 e. The minimum Gasteiger partial charge on any atom is -0.496 e. The van der Waals surface area contributed by atoms with Crippen molar-refractivity contribution >= 4 is 11.6 Å². The standard InChI is InChI=1S/C20H26ClNO/c1-22-10-9-14-11-17(21)19(23-2)12-16(14)20-15-6-4-3-5-13(15)7-8-18(20)22/h3-6,11-16,18,20H,7-10H2,1-2H3/t13?,14?,15?,16?,18?,20-/m1/s1. The summed E-state index contributed by atoms with van der Waals surface area (Å²) in [5, 5.41) is 0.793. The number of fused-ring (bicyclic) bond motifs is 5. The van der Waals surface area contributed by atoms with Crippen LogP contribution in [0, 0.1) is 29.6 Å². The number of hydrogen-bond acceptors (Lipinski definition) is 2. The maximum Gasteiger partial charge on any atom is 0.133 e. The van der Waals surface area contributed by atoms with E-state index in [1.54, 1.807) is 7.11 Å². The summed E-state index contributed by atoms with van der Waals surface area (Å²) in [7, 11) is 4.04. The zero-order chi connectivity index (χ0) is 16.0. The largest absolute Gasteiger partial charge is 0.496 e. The van der Waals surface area contributed by atoms with Gasteiger partial charge in [0.1, 0.15) is 5.76 Å². The summed E-state index contributed by atoms with van der Waals surface area (Å²) in [6, 6.07) is 0.669. The lowest BCUT2D eigenvalue weighted by molar-refractivity contribution is 0.0661. The Balaban J connectivity index is 1.75. The molecule has 6 atom stereocenters. The Labute approximate surface area is 144 Å². The first kappa shape index (κ1) is 15.5. The summed E-state index contributed by atoms with van der Waals surface area (Å²) in [5.74, 6) is 3.94. The van der Waals surface area contributed by atoms with Crippen LogP contribution >= 0.6 is 11.6 Å². The summed E-state index contributed by atoms with van der Waals surface area (Å²) < 4.78 is 5.55. The maximum absolute atomic E-state index is 6.43. The van der Waals surface area contributed by atoms with Crippen molar-refractivity contribution in [1.29, 1.82) is 0 Å². The van der Waals surface area contributed by atoms with Crippen LogP contribution in [0.3, 0.4) is 0 Å². The van der Waals surface area contributed by atoms with Crippen molar-refractivity contribution in [2.24, 2.45) is 29.6 Å². The number of methoxy groups -OCH3 is 1. The minimum absolute atomic E-state index is 0.534. The molecule has 1 saturated carbocycles. The van der Waals surface area contributed by atoms with Crippen LogP contribution in [0.1, 0.15) is 19.3 Å². The van der Waals surface area contributed by atoms with Crippen LogP contribution in [0.15, 0.2) is 47.2 Å². The fourth-order valence-electron chi connectivity index (χ4n) is 5.33. The highest BCUT2D eigenvalue weighted by atomic mass is 35.5. The Kier molecular flexibility index (Phi) is 4.15. The highest BCUT2D eigenvalue weighted by Crippen LogP contribution is 2.50. The molecule has 0 radical (unpaired) electrons. The van der Waals surface area contributed by atoms with Crippen LogP contribution in [0.2, 0.25) is 0 Å². The second-order valence-electron chi connectivity index (χ2n) is 7.49. The van der Waals surface area contributed by atoms with Crippen molar-refractivity contribution < 1.29 is 4.74 Å². The summed E-state index contributed by atoms with van der Waals surface area (Å²) in [5.41, 5.74) is 0. The van der Waals surface area contributed by atoms with Gasteiger partial charge >= 0.3 is 0 Å². The van der Waals surface area contributed by atoms with Gasteiger partial charge in [-0.1, -0.05) is 42.0 Å². The number of rotatable bonds is 1. The fourth-order valence-corrected chi connectivity index (χ4v) is 5.63. The number of halogens is 1. The molecular weight excluding hydrogens is 306 g/mol. The lowest BCUT2D eigenvalue weighted by Gasteiger charge is -2.48. The predicted octanol–water partition coefficient (Wildman–Crippen LogP) is 4.36. The molecule has 1 saturated heterocycles. The summed E-state index contributed by atoms with van der Waals surface area (Å²) >= 11 is 6.43. The van der Waals surface area contributed by atoms with Crippen molar-refractivity contribution in [3.63, 3.8) is 0 Å². The minimum atomic E-state index is 0.534. The number of likely N-dealkylation sites (tertiary alicyclic amines) is 1. The van der Waals surface area contributed by atoms with E-state index in [1.807, 2.05) is 0 Å². The van der Waals surface area contributed by atoms with Crippen molar-refractivity contribution in [3.8, 4) is 0 Å². The first-order valence-electron chi connectivity index (χ1n) is 8.88. The van der Waals surface area contributed by atoms with Gasteiger partial charge in [0.15, 0.2) is 0 Å². The van der Waals surface area contributed by atoms with E-state index in [0.29, 0.717) is 35.6 Å². The van der Waals surface area contributed by atoms with Crippen molar-refractivity contribution in [2.45, 2.75) is 25.3 Å². The molecule has 3 aliphatic carbocycles. The Bertz CT molecular complexity index is 590. The molecule has 23 heavy (non-hydrogen) atoms. The van der Waals surface area contributed by atoms with Gasteiger partial charge in [-0.3, -0.25) is 0 Å². The van der Waals surface area contributed by atoms with E-state index in [-0.39, 0.29) is 0 Å². The Morgan fingerprint density at radius 3 is 2.70 bits per heavy atom. The van der Waals surface area contributed by atoms with Gasteiger partial charge in [-0.15, -0.1) is 0 Å². The van der Waals surface area contributed by atoms with Gasteiger partial charge < -0.3 is 9.64 Å². The average Bonchev–Trinajstić information content (AvgIpc) is 2.71. The molecule has 124 valence electrons. The van der Waals surface area contributed by atoms with E-state index < -0.39 is 0 Å². The Morgan fingerprint density at radius 2 is 1.87 bits per heavy atom. The second-order valence-corrected chi connectivity index (χ2v) is 7.90. The predicted molar refractivity (Wildman–Crippen MR) is 95.0 cm³/mol. The van der Waals surface area contributed by atoms with Gasteiger partial charge in [0.05, 0.1) is 12.1 Å². The second kappa shape index (κ2) is 6.14. The molecule has 0 aromatic rings. The third kappa shape index (κ3) is 2.60. The van der Waals surface area contributed by atoms with Crippen LogP contribution in [0.5, 0.6) is 0 Å². The average molecular weight is 332 g/mol. The fraction of sp³-hybridized carbons (Fsp3) is 0.600. The maximum atomic E-state index is 6.43. The van der Waals surface area contributed by atoms with Gasteiger partial charge in [-0.2, -0.15) is 0 Å². The summed E-state index contributed by atoms with van der Waals surface area (Å²) in [6.45, 7) is 1.16. The Morgan fingerprint density at radius 1 is 1.04 bits per heavy atom. The van der Waals surface area contributed by atoms with Crippen molar-refractivity contribution in [2.75, 3.05) is 20.7 Å². The van der Waals surface area contributed by atoms with Crippen LogP contribution < -0.4 is 0 Å². The van der Waals surface area contributed by atoms with Crippen LogP contribution in [-0.4, -0.2) is 31.6 Å². The molecule has 0 spiro atoms. The van der Waals surface area contributed by atoms with E-state index >= 15 is 0 Å². The zero-order valence-electron chi connectivity index (χ0n) is 14.0. The highest BCUT2D eigenvalue weighted by Gasteiger charge is 2.47. The topological polar surface area (TPSA) is 12.5 Å². The molecule has 4 rings (SSSR count). The molecule has 2 nitrogen and oxygen atoms in total. The highest BCUT2D eigenvalue weighted by molar-refractivity contribution is 6.31. The first-order chi connectivity index (χ1) is 11.2. The van der Waals surface area contributed by atoms with Crippen LogP contribution in [-0.2, 0) is 4.74 Å². The number of nitrogens with zero attached hydrogens (tertiary/aromatic N) is 1. The molecule has 4 aliphatic rings. The lowest BCUT2D eigenvalue weighted by Crippen LogP contribution is -2.48. The summed E-state index contributed by atoms with van der Waals surface area (Å²) in [4.78, 5) is 2.60. The van der Waals surface area contributed by atoms with Crippen molar-refractivity contribution in [1.82, 2.24) is 4.90 Å². The molecule has 3 heteroatoms. The van der Waals surface area contributed by atoms with Crippen LogP contribution in [0.25, 0.3) is 0 Å². The molecule has 2 fully saturated rings. The molecule has 0 N–H and O–H groups in total.